The molecule has 0 radical (unpaired) electrons. The minimum absolute atomic E-state index is 0.0645. The molecule has 0 aromatic carbocycles. The second-order valence-electron chi connectivity index (χ2n) is 4.62. The summed E-state index contributed by atoms with van der Waals surface area (Å²) < 4.78 is 0. The lowest BCUT2D eigenvalue weighted by atomic mass is 10.3. The van der Waals surface area contributed by atoms with E-state index >= 15 is 0 Å². The highest BCUT2D eigenvalue weighted by atomic mass is 32.1. The van der Waals surface area contributed by atoms with E-state index in [4.69, 9.17) is 5.11 Å². The van der Waals surface area contributed by atoms with Gasteiger partial charge in [-0.25, -0.2) is 9.78 Å². The molecule has 0 fully saturated rings. The molecule has 0 aliphatic carbocycles. The zero-order valence-electron chi connectivity index (χ0n) is 11.7. The van der Waals surface area contributed by atoms with Gasteiger partial charge in [0.2, 0.25) is 0 Å². The van der Waals surface area contributed by atoms with Crippen molar-refractivity contribution in [1.29, 1.82) is 0 Å². The average molecular weight is 349 g/mol. The fraction of sp³-hybridized carbons (Fsp3) is 0.133. The van der Waals surface area contributed by atoms with Crippen LogP contribution < -0.4 is 0 Å². The summed E-state index contributed by atoms with van der Waals surface area (Å²) >= 11 is 4.21. The number of thiophene rings is 2. The number of carboxylic acids is 1. The van der Waals surface area contributed by atoms with Crippen LogP contribution in [0, 0.1) is 6.92 Å². The molecule has 0 saturated carbocycles. The van der Waals surface area contributed by atoms with Gasteiger partial charge in [0.05, 0.1) is 15.4 Å². The Kier molecular flexibility index (Phi) is 3.94. The van der Waals surface area contributed by atoms with Crippen LogP contribution in [0.3, 0.4) is 0 Å². The van der Waals surface area contributed by atoms with Crippen molar-refractivity contribution in [2.24, 2.45) is 0 Å². The predicted molar refractivity (Wildman–Crippen MR) is 90.4 cm³/mol. The summed E-state index contributed by atoms with van der Waals surface area (Å²) in [7, 11) is 0. The van der Waals surface area contributed by atoms with Gasteiger partial charge in [-0.1, -0.05) is 0 Å². The Morgan fingerprint density at radius 2 is 1.64 bits per heavy atom. The predicted octanol–water partition coefficient (Wildman–Crippen LogP) is 4.81. The number of rotatable bonds is 4. The van der Waals surface area contributed by atoms with Gasteiger partial charge in [0.25, 0.3) is 0 Å². The number of thiazole rings is 1. The number of nitrogens with zero attached hydrogens (tertiary/aromatic N) is 1. The molecule has 3 heterocycles. The summed E-state index contributed by atoms with van der Waals surface area (Å²) in [6.45, 7) is 3.26. The molecular weight excluding hydrogens is 338 g/mol. The van der Waals surface area contributed by atoms with Crippen molar-refractivity contribution in [2.45, 2.75) is 13.8 Å². The van der Waals surface area contributed by atoms with Crippen LogP contribution in [0.5, 0.6) is 0 Å². The molecule has 7 heteroatoms. The van der Waals surface area contributed by atoms with Crippen molar-refractivity contribution in [2.75, 3.05) is 0 Å². The van der Waals surface area contributed by atoms with Gasteiger partial charge >= 0.3 is 5.97 Å². The standard InChI is InChI=1S/C15H11NO3S3/c1-7-13(15(18)19)22-14(16-7)12-6-5-11(21-12)10-4-3-9(20-10)8(2)17/h3-6H,1-2H3,(H,18,19). The topological polar surface area (TPSA) is 67.3 Å². The maximum Gasteiger partial charge on any atom is 0.347 e. The lowest BCUT2D eigenvalue weighted by Crippen LogP contribution is -1.94. The number of aromatic carboxylic acids is 1. The zero-order chi connectivity index (χ0) is 15.9. The van der Waals surface area contributed by atoms with E-state index in [2.05, 4.69) is 4.98 Å². The molecule has 0 amide bonds. The number of carbonyl (C=O) groups excluding carboxylic acids is 1. The van der Waals surface area contributed by atoms with Crippen LogP contribution in [0.1, 0.15) is 32.0 Å². The number of Topliss-reactive ketones (excluding diaryl/α,β-unsaturated/α-hetero) is 1. The maximum atomic E-state index is 11.4. The van der Waals surface area contributed by atoms with Gasteiger partial charge in [0, 0.05) is 9.75 Å². The van der Waals surface area contributed by atoms with Crippen molar-refractivity contribution in [3.8, 4) is 19.6 Å². The zero-order valence-corrected chi connectivity index (χ0v) is 14.2. The van der Waals surface area contributed by atoms with E-state index in [0.29, 0.717) is 5.69 Å². The van der Waals surface area contributed by atoms with Gasteiger partial charge in [-0.3, -0.25) is 4.79 Å². The first kappa shape index (κ1) is 15.1. The van der Waals surface area contributed by atoms with E-state index in [1.165, 1.54) is 22.7 Å². The summed E-state index contributed by atoms with van der Waals surface area (Å²) in [6.07, 6.45) is 0. The third-order valence-electron chi connectivity index (χ3n) is 3.00. The molecule has 22 heavy (non-hydrogen) atoms. The molecule has 0 unspecified atom stereocenters. The monoisotopic (exact) mass is 349 g/mol. The Bertz CT molecular complexity index is 872. The van der Waals surface area contributed by atoms with Crippen LogP contribution >= 0.6 is 34.0 Å². The summed E-state index contributed by atoms with van der Waals surface area (Å²) in [6, 6.07) is 7.69. The highest BCUT2D eigenvalue weighted by Crippen LogP contribution is 2.39. The smallest absolute Gasteiger partial charge is 0.347 e. The molecular formula is C15H11NO3S3. The highest BCUT2D eigenvalue weighted by Gasteiger charge is 2.17. The Labute approximate surface area is 138 Å². The van der Waals surface area contributed by atoms with E-state index < -0.39 is 5.97 Å². The fourth-order valence-corrected chi connectivity index (χ4v) is 4.90. The van der Waals surface area contributed by atoms with E-state index in [0.717, 1.165) is 24.5 Å². The lowest BCUT2D eigenvalue weighted by Gasteiger charge is -1.90. The minimum Gasteiger partial charge on any atom is -0.477 e. The van der Waals surface area contributed by atoms with Gasteiger partial charge in [-0.2, -0.15) is 0 Å². The van der Waals surface area contributed by atoms with E-state index in [1.54, 1.807) is 25.2 Å². The van der Waals surface area contributed by atoms with Crippen LogP contribution in [-0.2, 0) is 0 Å². The van der Waals surface area contributed by atoms with Gasteiger partial charge < -0.3 is 5.11 Å². The molecule has 3 aromatic rings. The molecule has 4 nitrogen and oxygen atoms in total. The van der Waals surface area contributed by atoms with E-state index in [1.807, 2.05) is 24.3 Å². The highest BCUT2D eigenvalue weighted by molar-refractivity contribution is 7.27. The van der Waals surface area contributed by atoms with Gasteiger partial charge in [0.1, 0.15) is 9.88 Å². The first-order chi connectivity index (χ1) is 10.5. The van der Waals surface area contributed by atoms with E-state index in [9.17, 15) is 9.59 Å². The fourth-order valence-electron chi connectivity index (χ4n) is 1.95. The first-order valence-corrected chi connectivity index (χ1v) is 8.82. The number of carbonyl (C=O) groups is 2. The molecule has 3 rings (SSSR count). The second-order valence-corrected chi connectivity index (χ2v) is 7.79. The third-order valence-corrected chi connectivity index (χ3v) is 6.79. The third kappa shape index (κ3) is 2.75. The Hall–Kier alpha value is -1.83. The molecule has 0 aliphatic rings. The van der Waals surface area contributed by atoms with Gasteiger partial charge in [-0.05, 0) is 38.1 Å². The number of hydrogen-bond donors (Lipinski definition) is 1. The van der Waals surface area contributed by atoms with Crippen molar-refractivity contribution in [3.05, 3.63) is 39.7 Å². The average Bonchev–Trinajstić information content (AvgIpc) is 3.16. The molecule has 0 saturated heterocycles. The van der Waals surface area contributed by atoms with Crippen molar-refractivity contribution in [3.63, 3.8) is 0 Å². The van der Waals surface area contributed by atoms with Crippen LogP contribution in [-0.4, -0.2) is 21.8 Å². The summed E-state index contributed by atoms with van der Waals surface area (Å²) in [5.41, 5.74) is 0.539. The Morgan fingerprint density at radius 3 is 2.23 bits per heavy atom. The van der Waals surface area contributed by atoms with Crippen molar-refractivity contribution < 1.29 is 14.7 Å². The molecule has 0 spiro atoms. The number of ketones is 1. The molecule has 112 valence electrons. The number of hydrogen-bond acceptors (Lipinski definition) is 6. The quantitative estimate of drug-likeness (QED) is 0.686. The second kappa shape index (κ2) is 5.75. The SMILES string of the molecule is CC(=O)c1ccc(-c2ccc(-c3nc(C)c(C(=O)O)s3)s2)s1. The first-order valence-electron chi connectivity index (χ1n) is 6.38. The number of carboxylic acid groups (broad SMARTS) is 1. The molecule has 0 bridgehead atoms. The van der Waals surface area contributed by atoms with Gasteiger partial charge in [0.15, 0.2) is 5.78 Å². The van der Waals surface area contributed by atoms with Gasteiger partial charge in [-0.15, -0.1) is 34.0 Å². The van der Waals surface area contributed by atoms with Crippen molar-refractivity contribution >= 4 is 45.8 Å². The molecule has 0 aliphatic heterocycles. The Morgan fingerprint density at radius 1 is 1.00 bits per heavy atom. The molecule has 1 N–H and O–H groups in total. The maximum absolute atomic E-state index is 11.4. The number of aryl methyl sites for hydroxylation is 1. The molecule has 3 aromatic heterocycles. The van der Waals surface area contributed by atoms with Crippen molar-refractivity contribution in [1.82, 2.24) is 4.98 Å². The molecule has 0 atom stereocenters. The summed E-state index contributed by atoms with van der Waals surface area (Å²) in [5.74, 6) is -0.878. The van der Waals surface area contributed by atoms with Crippen LogP contribution in [0.2, 0.25) is 0 Å². The van der Waals surface area contributed by atoms with E-state index in [-0.39, 0.29) is 10.7 Å². The number of aromatic nitrogens is 1. The van der Waals surface area contributed by atoms with Crippen LogP contribution in [0.15, 0.2) is 24.3 Å². The lowest BCUT2D eigenvalue weighted by molar-refractivity contribution is 0.0701. The largest absolute Gasteiger partial charge is 0.477 e. The Balaban J connectivity index is 1.94. The van der Waals surface area contributed by atoms with Crippen LogP contribution in [0.4, 0.5) is 0 Å². The normalized spacial score (nSPS) is 10.8. The minimum atomic E-state index is -0.942. The summed E-state index contributed by atoms with van der Waals surface area (Å²) in [5, 5.41) is 9.82. The summed E-state index contributed by atoms with van der Waals surface area (Å²) in [4.78, 5) is 30.9. The van der Waals surface area contributed by atoms with Crippen LogP contribution in [0.25, 0.3) is 19.6 Å².